The van der Waals surface area contributed by atoms with Crippen LogP contribution in [0, 0.1) is 17.1 Å². The van der Waals surface area contributed by atoms with Gasteiger partial charge >= 0.3 is 6.18 Å². The summed E-state index contributed by atoms with van der Waals surface area (Å²) in [7, 11) is 0. The van der Waals surface area contributed by atoms with Crippen molar-refractivity contribution in [3.05, 3.63) is 77.4 Å². The van der Waals surface area contributed by atoms with Crippen molar-refractivity contribution < 1.29 is 22.7 Å². The summed E-state index contributed by atoms with van der Waals surface area (Å²) < 4.78 is 53.5. The molecule has 4 aromatic rings. The van der Waals surface area contributed by atoms with Crippen LogP contribution in [0.4, 0.5) is 29.1 Å². The third-order valence-corrected chi connectivity index (χ3v) is 4.49. The molecule has 0 fully saturated rings. The Hall–Kier alpha value is -3.97. The fourth-order valence-corrected chi connectivity index (χ4v) is 3.12. The zero-order chi connectivity index (χ0) is 22.2. The molecule has 0 aliphatic rings. The van der Waals surface area contributed by atoms with E-state index in [1.54, 1.807) is 0 Å². The minimum absolute atomic E-state index is 0.184. The fourth-order valence-electron chi connectivity index (χ4n) is 3.12. The molecule has 31 heavy (non-hydrogen) atoms. The van der Waals surface area contributed by atoms with E-state index in [-0.39, 0.29) is 22.8 Å². The molecular weight excluding hydrogens is 414 g/mol. The number of nitrogens with one attached hydrogen (secondary N) is 1. The summed E-state index contributed by atoms with van der Waals surface area (Å²) in [4.78, 5) is 8.65. The average Bonchev–Trinajstić information content (AvgIpc) is 3.11. The molecule has 4 rings (SSSR count). The number of pyridine rings is 2. The van der Waals surface area contributed by atoms with Gasteiger partial charge in [0, 0.05) is 11.9 Å². The van der Waals surface area contributed by atoms with Gasteiger partial charge in [0.15, 0.2) is 0 Å². The summed E-state index contributed by atoms with van der Waals surface area (Å²) in [5, 5.41) is 22.0. The summed E-state index contributed by atoms with van der Waals surface area (Å²) in [5.41, 5.74) is 0.872. The van der Waals surface area contributed by atoms with E-state index in [0.29, 0.717) is 17.0 Å². The molecule has 156 valence electrons. The predicted octanol–water partition coefficient (Wildman–Crippen LogP) is 4.66. The Kier molecular flexibility index (Phi) is 5.04. The Morgan fingerprint density at radius 1 is 1.06 bits per heavy atom. The predicted molar refractivity (Wildman–Crippen MR) is 104 cm³/mol. The van der Waals surface area contributed by atoms with Crippen molar-refractivity contribution in [2.75, 3.05) is 5.32 Å². The largest absolute Gasteiger partial charge is 0.416 e. The Balaban J connectivity index is 1.78. The second-order valence-corrected chi connectivity index (χ2v) is 6.58. The quantitative estimate of drug-likeness (QED) is 0.463. The Morgan fingerprint density at radius 3 is 2.45 bits per heavy atom. The van der Waals surface area contributed by atoms with E-state index in [0.717, 1.165) is 12.1 Å². The number of alkyl halides is 3. The van der Waals surface area contributed by atoms with E-state index in [4.69, 9.17) is 0 Å². The van der Waals surface area contributed by atoms with Crippen LogP contribution in [0.3, 0.4) is 0 Å². The first-order valence-corrected chi connectivity index (χ1v) is 8.92. The second-order valence-electron chi connectivity index (χ2n) is 6.58. The SMILES string of the molecule is N#Cc1cc(Nc2ccc(C(F)(F)F)cc2)nc(-c2c(CO)nc3ccc(F)cn23)c1. The van der Waals surface area contributed by atoms with Crippen molar-refractivity contribution >= 4 is 17.2 Å². The summed E-state index contributed by atoms with van der Waals surface area (Å²) in [5.74, 6) is -0.348. The number of aliphatic hydroxyl groups is 1. The van der Waals surface area contributed by atoms with Gasteiger partial charge in [-0.15, -0.1) is 0 Å². The van der Waals surface area contributed by atoms with Crippen molar-refractivity contribution in [2.24, 2.45) is 0 Å². The first-order chi connectivity index (χ1) is 14.8. The number of aliphatic hydroxyl groups excluding tert-OH is 1. The van der Waals surface area contributed by atoms with Crippen LogP contribution in [0.2, 0.25) is 0 Å². The third kappa shape index (κ3) is 4.04. The highest BCUT2D eigenvalue weighted by molar-refractivity contribution is 5.69. The topological polar surface area (TPSA) is 86.2 Å². The van der Waals surface area contributed by atoms with Crippen LogP contribution in [0.5, 0.6) is 0 Å². The summed E-state index contributed by atoms with van der Waals surface area (Å²) in [6.45, 7) is -0.446. The van der Waals surface area contributed by atoms with Gasteiger partial charge < -0.3 is 10.4 Å². The first-order valence-electron chi connectivity index (χ1n) is 8.92. The Labute approximate surface area is 173 Å². The van der Waals surface area contributed by atoms with Crippen LogP contribution in [-0.2, 0) is 12.8 Å². The Bertz CT molecular complexity index is 1310. The standard InChI is InChI=1S/C21H13F4N5O/c22-14-3-6-19-29-17(11-31)20(30(19)10-14)16-7-12(9-26)8-18(28-16)27-15-4-1-13(2-5-15)21(23,24)25/h1-8,10,31H,11H2,(H,27,28). The molecule has 0 radical (unpaired) electrons. The molecule has 0 amide bonds. The van der Waals surface area contributed by atoms with Gasteiger partial charge in [0.1, 0.15) is 17.3 Å². The van der Waals surface area contributed by atoms with Crippen LogP contribution in [0.15, 0.2) is 54.7 Å². The normalized spacial score (nSPS) is 11.5. The molecule has 0 saturated heterocycles. The zero-order valence-electron chi connectivity index (χ0n) is 15.7. The van der Waals surface area contributed by atoms with Crippen molar-refractivity contribution in [3.63, 3.8) is 0 Å². The highest BCUT2D eigenvalue weighted by atomic mass is 19.4. The van der Waals surface area contributed by atoms with E-state index < -0.39 is 24.2 Å². The number of imidazole rings is 1. The van der Waals surface area contributed by atoms with Gasteiger partial charge in [0.05, 0.1) is 40.9 Å². The lowest BCUT2D eigenvalue weighted by atomic mass is 10.1. The van der Waals surface area contributed by atoms with Gasteiger partial charge in [0.2, 0.25) is 0 Å². The molecule has 0 atom stereocenters. The van der Waals surface area contributed by atoms with E-state index in [1.807, 2.05) is 6.07 Å². The lowest BCUT2D eigenvalue weighted by molar-refractivity contribution is -0.137. The molecule has 0 spiro atoms. The molecule has 0 bridgehead atoms. The molecule has 3 heterocycles. The lowest BCUT2D eigenvalue weighted by Gasteiger charge is -2.11. The highest BCUT2D eigenvalue weighted by Gasteiger charge is 2.30. The van der Waals surface area contributed by atoms with Crippen molar-refractivity contribution in [3.8, 4) is 17.5 Å². The average molecular weight is 427 g/mol. The van der Waals surface area contributed by atoms with Crippen molar-refractivity contribution in [1.29, 1.82) is 5.26 Å². The Morgan fingerprint density at radius 2 is 1.81 bits per heavy atom. The molecule has 1 aromatic carbocycles. The summed E-state index contributed by atoms with van der Waals surface area (Å²) in [6, 6.07) is 11.9. The number of anilines is 2. The second kappa shape index (κ2) is 7.70. The number of hydrogen-bond acceptors (Lipinski definition) is 5. The summed E-state index contributed by atoms with van der Waals surface area (Å²) >= 11 is 0. The van der Waals surface area contributed by atoms with Gasteiger partial charge in [-0.2, -0.15) is 18.4 Å². The van der Waals surface area contributed by atoms with Gasteiger partial charge in [-0.1, -0.05) is 0 Å². The molecule has 10 heteroatoms. The van der Waals surface area contributed by atoms with Crippen LogP contribution < -0.4 is 5.32 Å². The minimum Gasteiger partial charge on any atom is -0.390 e. The molecule has 0 unspecified atom stereocenters. The molecule has 3 aromatic heterocycles. The van der Waals surface area contributed by atoms with E-state index >= 15 is 0 Å². The highest BCUT2D eigenvalue weighted by Crippen LogP contribution is 2.31. The minimum atomic E-state index is -4.45. The molecule has 2 N–H and O–H groups in total. The van der Waals surface area contributed by atoms with Crippen LogP contribution in [0.25, 0.3) is 17.0 Å². The van der Waals surface area contributed by atoms with Crippen LogP contribution >= 0.6 is 0 Å². The van der Waals surface area contributed by atoms with E-state index in [9.17, 15) is 27.9 Å². The fraction of sp³-hybridized carbons (Fsp3) is 0.0952. The molecule has 0 aliphatic heterocycles. The third-order valence-electron chi connectivity index (χ3n) is 4.49. The number of hydrogen-bond donors (Lipinski definition) is 2. The first kappa shape index (κ1) is 20.3. The number of aromatic nitrogens is 3. The summed E-state index contributed by atoms with van der Waals surface area (Å²) in [6.07, 6.45) is -3.27. The monoisotopic (exact) mass is 427 g/mol. The molecule has 0 aliphatic carbocycles. The van der Waals surface area contributed by atoms with Gasteiger partial charge in [-0.05, 0) is 48.5 Å². The zero-order valence-corrected chi connectivity index (χ0v) is 15.7. The lowest BCUT2D eigenvalue weighted by Crippen LogP contribution is -2.04. The number of nitrogens with zero attached hydrogens (tertiary/aromatic N) is 4. The van der Waals surface area contributed by atoms with Gasteiger partial charge in [0.25, 0.3) is 0 Å². The molecule has 0 saturated carbocycles. The van der Waals surface area contributed by atoms with Crippen molar-refractivity contribution in [1.82, 2.24) is 14.4 Å². The van der Waals surface area contributed by atoms with Crippen molar-refractivity contribution in [2.45, 2.75) is 12.8 Å². The van der Waals surface area contributed by atoms with Crippen LogP contribution in [0.1, 0.15) is 16.8 Å². The number of rotatable bonds is 4. The number of halogens is 4. The van der Waals surface area contributed by atoms with E-state index in [2.05, 4.69) is 15.3 Å². The number of fused-ring (bicyclic) bond motifs is 1. The maximum Gasteiger partial charge on any atom is 0.416 e. The van der Waals surface area contributed by atoms with Gasteiger partial charge in [-0.25, -0.2) is 14.4 Å². The molecular formula is C21H13F4N5O. The maximum absolute atomic E-state index is 13.8. The number of nitriles is 1. The number of benzene rings is 1. The van der Waals surface area contributed by atoms with E-state index in [1.165, 1.54) is 47.0 Å². The smallest absolute Gasteiger partial charge is 0.390 e. The van der Waals surface area contributed by atoms with Gasteiger partial charge in [-0.3, -0.25) is 4.40 Å². The molecule has 6 nitrogen and oxygen atoms in total. The maximum atomic E-state index is 13.8. The van der Waals surface area contributed by atoms with Crippen LogP contribution in [-0.4, -0.2) is 19.5 Å².